The number of nitrogens with two attached hydrogens (primary N) is 1. The van der Waals surface area contributed by atoms with Gasteiger partial charge in [-0.2, -0.15) is 0 Å². The van der Waals surface area contributed by atoms with Gasteiger partial charge in [0.25, 0.3) is 5.91 Å². The standard InChI is InChI=1S/C14H19N3O3/c1-20-12-4-2-10(3-5-12)13(18)17(14(15)19)11-6-8-16-9-7-11/h2-5,11,16H,6-9H2,1H3,(H2,15,19). The average Bonchev–Trinajstić information content (AvgIpc) is 2.48. The molecule has 6 nitrogen and oxygen atoms in total. The lowest BCUT2D eigenvalue weighted by Crippen LogP contribution is -2.51. The van der Waals surface area contributed by atoms with Gasteiger partial charge in [-0.25, -0.2) is 4.79 Å². The Morgan fingerprint density at radius 1 is 1.25 bits per heavy atom. The highest BCUT2D eigenvalue weighted by Crippen LogP contribution is 2.18. The number of amides is 3. The molecule has 1 fully saturated rings. The van der Waals surface area contributed by atoms with Gasteiger partial charge in [-0.05, 0) is 50.2 Å². The van der Waals surface area contributed by atoms with E-state index in [1.54, 1.807) is 31.4 Å². The first-order valence-electron chi connectivity index (χ1n) is 6.61. The van der Waals surface area contributed by atoms with Crippen molar-refractivity contribution >= 4 is 11.9 Å². The highest BCUT2D eigenvalue weighted by Gasteiger charge is 2.30. The van der Waals surface area contributed by atoms with E-state index in [4.69, 9.17) is 10.5 Å². The largest absolute Gasteiger partial charge is 0.497 e. The maximum atomic E-state index is 12.4. The van der Waals surface area contributed by atoms with Crippen molar-refractivity contribution in [3.8, 4) is 5.75 Å². The Kier molecular flexibility index (Phi) is 4.57. The zero-order chi connectivity index (χ0) is 14.5. The van der Waals surface area contributed by atoms with E-state index in [1.807, 2.05) is 0 Å². The minimum Gasteiger partial charge on any atom is -0.497 e. The molecule has 0 bridgehead atoms. The van der Waals surface area contributed by atoms with Gasteiger partial charge < -0.3 is 15.8 Å². The number of urea groups is 1. The van der Waals surface area contributed by atoms with Gasteiger partial charge in [0.1, 0.15) is 5.75 Å². The monoisotopic (exact) mass is 277 g/mol. The second-order valence-corrected chi connectivity index (χ2v) is 4.72. The van der Waals surface area contributed by atoms with Crippen LogP contribution in [-0.4, -0.2) is 43.1 Å². The number of nitrogens with zero attached hydrogens (tertiary/aromatic N) is 1. The second-order valence-electron chi connectivity index (χ2n) is 4.72. The van der Waals surface area contributed by atoms with E-state index < -0.39 is 6.03 Å². The lowest BCUT2D eigenvalue weighted by atomic mass is 10.0. The molecule has 0 spiro atoms. The topological polar surface area (TPSA) is 84.7 Å². The Labute approximate surface area is 117 Å². The highest BCUT2D eigenvalue weighted by atomic mass is 16.5. The summed E-state index contributed by atoms with van der Waals surface area (Å²) < 4.78 is 5.05. The van der Waals surface area contributed by atoms with Crippen LogP contribution >= 0.6 is 0 Å². The number of hydrogen-bond donors (Lipinski definition) is 2. The van der Waals surface area contributed by atoms with Crippen LogP contribution in [0.4, 0.5) is 4.79 Å². The number of imide groups is 1. The van der Waals surface area contributed by atoms with Gasteiger partial charge in [0.15, 0.2) is 0 Å². The number of nitrogens with one attached hydrogen (secondary N) is 1. The minimum atomic E-state index is -0.697. The first-order chi connectivity index (χ1) is 9.63. The van der Waals surface area contributed by atoms with E-state index in [-0.39, 0.29) is 11.9 Å². The second kappa shape index (κ2) is 6.38. The Morgan fingerprint density at radius 3 is 2.35 bits per heavy atom. The molecule has 1 heterocycles. The van der Waals surface area contributed by atoms with Gasteiger partial charge in [-0.15, -0.1) is 0 Å². The van der Waals surface area contributed by atoms with Gasteiger partial charge in [-0.1, -0.05) is 0 Å². The summed E-state index contributed by atoms with van der Waals surface area (Å²) in [6.45, 7) is 1.56. The fourth-order valence-electron chi connectivity index (χ4n) is 2.38. The maximum absolute atomic E-state index is 12.4. The molecule has 0 atom stereocenters. The summed E-state index contributed by atoms with van der Waals surface area (Å²) in [5.41, 5.74) is 5.82. The molecular formula is C14H19N3O3. The van der Waals surface area contributed by atoms with Gasteiger partial charge in [0.2, 0.25) is 0 Å². The Hall–Kier alpha value is -2.08. The van der Waals surface area contributed by atoms with Crippen molar-refractivity contribution in [1.29, 1.82) is 0 Å². The molecule has 0 unspecified atom stereocenters. The highest BCUT2D eigenvalue weighted by molar-refractivity contribution is 6.04. The molecule has 6 heteroatoms. The van der Waals surface area contributed by atoms with E-state index >= 15 is 0 Å². The first kappa shape index (κ1) is 14.3. The molecule has 1 saturated heterocycles. The average molecular weight is 277 g/mol. The summed E-state index contributed by atoms with van der Waals surface area (Å²) in [7, 11) is 1.56. The number of methoxy groups -OCH3 is 1. The van der Waals surface area contributed by atoms with Gasteiger partial charge in [0, 0.05) is 11.6 Å². The zero-order valence-electron chi connectivity index (χ0n) is 11.5. The number of piperidine rings is 1. The van der Waals surface area contributed by atoms with Crippen molar-refractivity contribution in [2.75, 3.05) is 20.2 Å². The van der Waals surface area contributed by atoms with Crippen LogP contribution in [0.3, 0.4) is 0 Å². The lowest BCUT2D eigenvalue weighted by molar-refractivity contribution is 0.0725. The van der Waals surface area contributed by atoms with E-state index in [0.717, 1.165) is 25.9 Å². The molecule has 1 aromatic carbocycles. The van der Waals surface area contributed by atoms with Gasteiger partial charge in [0.05, 0.1) is 7.11 Å². The van der Waals surface area contributed by atoms with Crippen LogP contribution in [0.5, 0.6) is 5.75 Å². The van der Waals surface area contributed by atoms with E-state index in [2.05, 4.69) is 5.32 Å². The normalized spacial score (nSPS) is 15.7. The summed E-state index contributed by atoms with van der Waals surface area (Å²) in [5, 5.41) is 3.20. The molecule has 0 saturated carbocycles. The van der Waals surface area contributed by atoms with Crippen molar-refractivity contribution in [3.05, 3.63) is 29.8 Å². The van der Waals surface area contributed by atoms with Crippen LogP contribution in [0.25, 0.3) is 0 Å². The molecule has 1 aromatic rings. The number of carbonyl (C=O) groups excluding carboxylic acids is 2. The van der Waals surface area contributed by atoms with Crippen LogP contribution in [0.15, 0.2) is 24.3 Å². The Morgan fingerprint density at radius 2 is 1.85 bits per heavy atom. The fourth-order valence-corrected chi connectivity index (χ4v) is 2.38. The van der Waals surface area contributed by atoms with Crippen LogP contribution in [-0.2, 0) is 0 Å². The van der Waals surface area contributed by atoms with Crippen LogP contribution in [0.1, 0.15) is 23.2 Å². The quantitative estimate of drug-likeness (QED) is 0.862. The Balaban J connectivity index is 2.19. The van der Waals surface area contributed by atoms with Gasteiger partial charge in [-0.3, -0.25) is 9.69 Å². The molecule has 3 N–H and O–H groups in total. The van der Waals surface area contributed by atoms with Crippen LogP contribution < -0.4 is 15.8 Å². The number of rotatable bonds is 3. The third-order valence-electron chi connectivity index (χ3n) is 3.47. The Bertz CT molecular complexity index is 481. The third kappa shape index (κ3) is 3.08. The molecule has 20 heavy (non-hydrogen) atoms. The van der Waals surface area contributed by atoms with Crippen molar-refractivity contribution in [2.45, 2.75) is 18.9 Å². The predicted molar refractivity (Wildman–Crippen MR) is 74.6 cm³/mol. The van der Waals surface area contributed by atoms with E-state index in [1.165, 1.54) is 4.90 Å². The first-order valence-corrected chi connectivity index (χ1v) is 6.61. The minimum absolute atomic E-state index is 0.136. The van der Waals surface area contributed by atoms with Crippen molar-refractivity contribution in [2.24, 2.45) is 5.73 Å². The number of benzene rings is 1. The SMILES string of the molecule is COc1ccc(C(=O)N(C(N)=O)C2CCNCC2)cc1. The van der Waals surface area contributed by atoms with E-state index in [9.17, 15) is 9.59 Å². The summed E-state index contributed by atoms with van der Waals surface area (Å²) in [5.74, 6) is 0.307. The third-order valence-corrected chi connectivity index (χ3v) is 3.47. The number of carbonyl (C=O) groups is 2. The van der Waals surface area contributed by atoms with Crippen molar-refractivity contribution in [3.63, 3.8) is 0 Å². The van der Waals surface area contributed by atoms with E-state index in [0.29, 0.717) is 11.3 Å². The zero-order valence-corrected chi connectivity index (χ0v) is 11.5. The summed E-state index contributed by atoms with van der Waals surface area (Å²) in [6, 6.07) is 5.82. The molecule has 2 rings (SSSR count). The lowest BCUT2D eigenvalue weighted by Gasteiger charge is -2.31. The summed E-state index contributed by atoms with van der Waals surface area (Å²) in [4.78, 5) is 25.2. The van der Waals surface area contributed by atoms with Crippen LogP contribution in [0, 0.1) is 0 Å². The van der Waals surface area contributed by atoms with Gasteiger partial charge >= 0.3 is 6.03 Å². The number of hydrogen-bond acceptors (Lipinski definition) is 4. The van der Waals surface area contributed by atoms with Crippen molar-refractivity contribution in [1.82, 2.24) is 10.2 Å². The molecule has 0 radical (unpaired) electrons. The number of ether oxygens (including phenoxy) is 1. The number of primary amides is 1. The van der Waals surface area contributed by atoms with Crippen LogP contribution in [0.2, 0.25) is 0 Å². The summed E-state index contributed by atoms with van der Waals surface area (Å²) in [6.07, 6.45) is 1.45. The molecule has 1 aliphatic rings. The summed E-state index contributed by atoms with van der Waals surface area (Å²) >= 11 is 0. The molecule has 0 aromatic heterocycles. The van der Waals surface area contributed by atoms with Crippen molar-refractivity contribution < 1.29 is 14.3 Å². The molecule has 108 valence electrons. The predicted octanol–water partition coefficient (Wildman–Crippen LogP) is 0.968. The molecule has 3 amide bonds. The maximum Gasteiger partial charge on any atom is 0.322 e. The molecular weight excluding hydrogens is 258 g/mol. The fraction of sp³-hybridized carbons (Fsp3) is 0.429. The molecule has 1 aliphatic heterocycles. The smallest absolute Gasteiger partial charge is 0.322 e. The molecule has 0 aliphatic carbocycles.